The number of aliphatic hydroxyl groups excluding tert-OH is 1. The summed E-state index contributed by atoms with van der Waals surface area (Å²) in [5, 5.41) is 9.88. The molecule has 0 aromatic rings. The molecular formula is C14H30N2O. The van der Waals surface area contributed by atoms with Crippen LogP contribution in [0.5, 0.6) is 0 Å². The standard InChI is InChI=1S/C14H30N2O/c1-5-12-7-8-13(17)11-14(12)16(6-2)10-9-15(3)4/h12-14,17H,5-11H2,1-4H3. The van der Waals surface area contributed by atoms with E-state index in [4.69, 9.17) is 0 Å². The first-order valence-electron chi connectivity index (χ1n) is 7.15. The average molecular weight is 242 g/mol. The summed E-state index contributed by atoms with van der Waals surface area (Å²) in [4.78, 5) is 4.80. The van der Waals surface area contributed by atoms with Crippen LogP contribution >= 0.6 is 0 Å². The van der Waals surface area contributed by atoms with Crippen molar-refractivity contribution in [3.63, 3.8) is 0 Å². The van der Waals surface area contributed by atoms with Gasteiger partial charge >= 0.3 is 0 Å². The first kappa shape index (κ1) is 14.9. The monoisotopic (exact) mass is 242 g/mol. The Balaban J connectivity index is 2.56. The van der Waals surface area contributed by atoms with E-state index in [1.54, 1.807) is 0 Å². The molecule has 3 heteroatoms. The van der Waals surface area contributed by atoms with E-state index in [1.807, 2.05) is 0 Å². The van der Waals surface area contributed by atoms with Crippen LogP contribution in [-0.2, 0) is 0 Å². The fraction of sp³-hybridized carbons (Fsp3) is 1.00. The first-order valence-corrected chi connectivity index (χ1v) is 7.15. The van der Waals surface area contributed by atoms with Crippen LogP contribution in [0.3, 0.4) is 0 Å². The molecule has 0 radical (unpaired) electrons. The van der Waals surface area contributed by atoms with Crippen molar-refractivity contribution in [1.29, 1.82) is 0 Å². The summed E-state index contributed by atoms with van der Waals surface area (Å²) in [6.45, 7) is 7.86. The molecule has 0 saturated heterocycles. The van der Waals surface area contributed by atoms with E-state index < -0.39 is 0 Å². The van der Waals surface area contributed by atoms with Gasteiger partial charge in [0.1, 0.15) is 0 Å². The molecule has 1 aliphatic rings. The lowest BCUT2D eigenvalue weighted by Gasteiger charge is -2.41. The molecule has 0 aromatic carbocycles. The summed E-state index contributed by atoms with van der Waals surface area (Å²) in [6, 6.07) is 0.591. The number of likely N-dealkylation sites (N-methyl/N-ethyl adjacent to an activating group) is 2. The van der Waals surface area contributed by atoms with Gasteiger partial charge in [0.15, 0.2) is 0 Å². The smallest absolute Gasteiger partial charge is 0.0555 e. The van der Waals surface area contributed by atoms with Crippen molar-refractivity contribution in [1.82, 2.24) is 9.80 Å². The highest BCUT2D eigenvalue weighted by molar-refractivity contribution is 4.86. The minimum atomic E-state index is -0.0730. The van der Waals surface area contributed by atoms with Crippen molar-refractivity contribution >= 4 is 0 Å². The minimum absolute atomic E-state index is 0.0730. The van der Waals surface area contributed by atoms with E-state index in [-0.39, 0.29) is 6.10 Å². The van der Waals surface area contributed by atoms with Gasteiger partial charge in [-0.25, -0.2) is 0 Å². The second kappa shape index (κ2) is 7.34. The highest BCUT2D eigenvalue weighted by Gasteiger charge is 2.31. The highest BCUT2D eigenvalue weighted by atomic mass is 16.3. The van der Waals surface area contributed by atoms with Crippen LogP contribution in [-0.4, -0.2) is 60.8 Å². The third kappa shape index (κ3) is 4.57. The molecule has 102 valence electrons. The van der Waals surface area contributed by atoms with Crippen LogP contribution in [0.25, 0.3) is 0 Å². The largest absolute Gasteiger partial charge is 0.393 e. The summed E-state index contributed by atoms with van der Waals surface area (Å²) < 4.78 is 0. The van der Waals surface area contributed by atoms with E-state index in [1.165, 1.54) is 12.8 Å². The fourth-order valence-electron chi connectivity index (χ4n) is 3.00. The molecule has 1 aliphatic carbocycles. The molecular weight excluding hydrogens is 212 g/mol. The van der Waals surface area contributed by atoms with Crippen LogP contribution in [0.4, 0.5) is 0 Å². The van der Waals surface area contributed by atoms with Gasteiger partial charge in [0.05, 0.1) is 6.10 Å². The molecule has 1 fully saturated rings. The minimum Gasteiger partial charge on any atom is -0.393 e. The zero-order chi connectivity index (χ0) is 12.8. The van der Waals surface area contributed by atoms with E-state index in [9.17, 15) is 5.11 Å². The molecule has 0 aliphatic heterocycles. The van der Waals surface area contributed by atoms with Gasteiger partial charge in [-0.2, -0.15) is 0 Å². The molecule has 1 N–H and O–H groups in total. The van der Waals surface area contributed by atoms with Gasteiger partial charge in [-0.3, -0.25) is 4.90 Å². The van der Waals surface area contributed by atoms with E-state index >= 15 is 0 Å². The van der Waals surface area contributed by atoms with Crippen molar-refractivity contribution in [2.75, 3.05) is 33.7 Å². The van der Waals surface area contributed by atoms with E-state index in [0.29, 0.717) is 6.04 Å². The maximum atomic E-state index is 9.88. The summed E-state index contributed by atoms with van der Waals surface area (Å²) >= 11 is 0. The molecule has 0 bridgehead atoms. The molecule has 3 unspecified atom stereocenters. The number of nitrogens with zero attached hydrogens (tertiary/aromatic N) is 2. The van der Waals surface area contributed by atoms with Crippen LogP contribution in [0.1, 0.15) is 39.5 Å². The van der Waals surface area contributed by atoms with Crippen molar-refractivity contribution < 1.29 is 5.11 Å². The summed E-state index contributed by atoms with van der Waals surface area (Å²) in [6.07, 6.45) is 4.34. The lowest BCUT2D eigenvalue weighted by Crippen LogP contribution is -2.47. The zero-order valence-electron chi connectivity index (χ0n) is 12.0. The van der Waals surface area contributed by atoms with Gasteiger partial charge in [-0.15, -0.1) is 0 Å². The number of aliphatic hydroxyl groups is 1. The second-order valence-corrected chi connectivity index (χ2v) is 5.63. The summed E-state index contributed by atoms with van der Waals surface area (Å²) in [5.41, 5.74) is 0. The summed E-state index contributed by atoms with van der Waals surface area (Å²) in [5.74, 6) is 0.778. The quantitative estimate of drug-likeness (QED) is 0.769. The Kier molecular flexibility index (Phi) is 6.45. The topological polar surface area (TPSA) is 26.7 Å². The van der Waals surface area contributed by atoms with Crippen LogP contribution in [0, 0.1) is 5.92 Å². The Morgan fingerprint density at radius 2 is 1.82 bits per heavy atom. The second-order valence-electron chi connectivity index (χ2n) is 5.63. The van der Waals surface area contributed by atoms with Crippen molar-refractivity contribution in [2.45, 2.75) is 51.7 Å². The maximum Gasteiger partial charge on any atom is 0.0555 e. The Labute approximate surface area is 107 Å². The van der Waals surface area contributed by atoms with E-state index in [0.717, 1.165) is 38.4 Å². The predicted octanol–water partition coefficient (Wildman–Crippen LogP) is 1.81. The van der Waals surface area contributed by atoms with Gasteiger partial charge in [0, 0.05) is 19.1 Å². The average Bonchev–Trinajstić information content (AvgIpc) is 2.30. The fourth-order valence-corrected chi connectivity index (χ4v) is 3.00. The molecule has 3 nitrogen and oxygen atoms in total. The Hall–Kier alpha value is -0.120. The molecule has 0 amide bonds. The van der Waals surface area contributed by atoms with E-state index in [2.05, 4.69) is 37.7 Å². The summed E-state index contributed by atoms with van der Waals surface area (Å²) in [7, 11) is 4.25. The zero-order valence-corrected chi connectivity index (χ0v) is 12.0. The molecule has 0 spiro atoms. The lowest BCUT2D eigenvalue weighted by molar-refractivity contribution is 0.0254. The lowest BCUT2D eigenvalue weighted by atomic mass is 9.80. The van der Waals surface area contributed by atoms with Crippen LogP contribution in [0.2, 0.25) is 0 Å². The molecule has 0 aromatic heterocycles. The van der Waals surface area contributed by atoms with Crippen LogP contribution < -0.4 is 0 Å². The Morgan fingerprint density at radius 3 is 2.35 bits per heavy atom. The van der Waals surface area contributed by atoms with Crippen molar-refractivity contribution in [2.24, 2.45) is 5.92 Å². The third-order valence-corrected chi connectivity index (χ3v) is 4.16. The molecule has 17 heavy (non-hydrogen) atoms. The van der Waals surface area contributed by atoms with Crippen LogP contribution in [0.15, 0.2) is 0 Å². The predicted molar refractivity (Wildman–Crippen MR) is 73.2 cm³/mol. The Morgan fingerprint density at radius 1 is 1.12 bits per heavy atom. The highest BCUT2D eigenvalue weighted by Crippen LogP contribution is 2.30. The van der Waals surface area contributed by atoms with Crippen molar-refractivity contribution in [3.8, 4) is 0 Å². The van der Waals surface area contributed by atoms with Gasteiger partial charge in [0.2, 0.25) is 0 Å². The third-order valence-electron chi connectivity index (χ3n) is 4.16. The van der Waals surface area contributed by atoms with Gasteiger partial charge < -0.3 is 10.0 Å². The number of hydrogen-bond acceptors (Lipinski definition) is 3. The molecule has 0 heterocycles. The van der Waals surface area contributed by atoms with Gasteiger partial charge in [-0.1, -0.05) is 20.3 Å². The molecule has 1 rings (SSSR count). The SMILES string of the molecule is CCC1CCC(O)CC1N(CC)CCN(C)C. The number of hydrogen-bond donors (Lipinski definition) is 1. The maximum absolute atomic E-state index is 9.88. The van der Waals surface area contributed by atoms with Gasteiger partial charge in [0.25, 0.3) is 0 Å². The normalized spacial score (nSPS) is 30.2. The van der Waals surface area contributed by atoms with Crippen molar-refractivity contribution in [3.05, 3.63) is 0 Å². The molecule has 1 saturated carbocycles. The first-order chi connectivity index (χ1) is 8.08. The number of rotatable bonds is 6. The molecule has 3 atom stereocenters. The van der Waals surface area contributed by atoms with Gasteiger partial charge in [-0.05, 0) is 45.8 Å². The Bertz CT molecular complexity index is 208.